The summed E-state index contributed by atoms with van der Waals surface area (Å²) < 4.78 is 0. The summed E-state index contributed by atoms with van der Waals surface area (Å²) >= 11 is 0. The molecule has 3 aromatic carbocycles. The third-order valence-corrected chi connectivity index (χ3v) is 7.37. The number of rotatable bonds is 7. The van der Waals surface area contributed by atoms with Crippen molar-refractivity contribution in [1.29, 1.82) is 0 Å². The van der Waals surface area contributed by atoms with Crippen LogP contribution in [0, 0.1) is 17.3 Å². The maximum atomic E-state index is 13.2. The van der Waals surface area contributed by atoms with Gasteiger partial charge in [0.2, 0.25) is 5.91 Å². The van der Waals surface area contributed by atoms with Crippen molar-refractivity contribution in [2.45, 2.75) is 26.3 Å². The number of hydrogen-bond donors (Lipinski definition) is 2. The average Bonchev–Trinajstić information content (AvgIpc) is 3.59. The van der Waals surface area contributed by atoms with Gasteiger partial charge in [0, 0.05) is 24.0 Å². The predicted molar refractivity (Wildman–Crippen MR) is 139 cm³/mol. The summed E-state index contributed by atoms with van der Waals surface area (Å²) in [5, 5.41) is 8.57. The van der Waals surface area contributed by atoms with E-state index < -0.39 is 0 Å². The third-order valence-electron chi connectivity index (χ3n) is 7.37. The van der Waals surface area contributed by atoms with Gasteiger partial charge in [-0.2, -0.15) is 0 Å². The van der Waals surface area contributed by atoms with Crippen LogP contribution in [0.2, 0.25) is 0 Å². The van der Waals surface area contributed by atoms with E-state index in [1.165, 1.54) is 0 Å². The van der Waals surface area contributed by atoms with Crippen LogP contribution in [0.15, 0.2) is 97.3 Å². The van der Waals surface area contributed by atoms with E-state index in [1.54, 1.807) is 24.5 Å². The number of nitrogens with one attached hydrogen (secondary N) is 2. The van der Waals surface area contributed by atoms with Crippen LogP contribution in [0.3, 0.4) is 0 Å². The molecule has 5 nitrogen and oxygen atoms in total. The molecule has 0 spiro atoms. The summed E-state index contributed by atoms with van der Waals surface area (Å²) in [5.74, 6) is -0.221. The molecule has 176 valence electrons. The Morgan fingerprint density at radius 2 is 1.69 bits per heavy atom. The summed E-state index contributed by atoms with van der Waals surface area (Å²) in [5.41, 5.74) is 2.12. The Bertz CT molecular complexity index is 1360. The molecule has 1 aliphatic rings. The summed E-state index contributed by atoms with van der Waals surface area (Å²) in [6.07, 6.45) is 4.08. The number of benzene rings is 3. The fourth-order valence-electron chi connectivity index (χ4n) is 5.19. The molecule has 1 heterocycles. The minimum Gasteiger partial charge on any atom is -0.345 e. The standard InChI is InChI=1S/C30H29N3O2/c1-20(28(34)32-25-15-14-21-9-6-7-12-23(21)17-25)26-18-30(26,2)27(22-10-4-3-5-11-22)33-29(35)24-13-8-16-31-19-24/h3-17,19-20,26-27H,18H2,1-2H3,(H,32,34)(H,33,35)/t20?,26?,27?,30-/m0/s1. The van der Waals surface area contributed by atoms with Crippen molar-refractivity contribution in [3.05, 3.63) is 108 Å². The highest BCUT2D eigenvalue weighted by atomic mass is 16.2. The highest BCUT2D eigenvalue weighted by molar-refractivity contribution is 5.96. The first kappa shape index (κ1) is 22.8. The molecule has 0 saturated heterocycles. The largest absolute Gasteiger partial charge is 0.345 e. The number of pyridine rings is 1. The maximum Gasteiger partial charge on any atom is 0.253 e. The van der Waals surface area contributed by atoms with Crippen molar-refractivity contribution < 1.29 is 9.59 Å². The molecule has 1 aromatic heterocycles. The second-order valence-electron chi connectivity index (χ2n) is 9.72. The first-order chi connectivity index (χ1) is 17.0. The van der Waals surface area contributed by atoms with E-state index >= 15 is 0 Å². The van der Waals surface area contributed by atoms with E-state index in [1.807, 2.05) is 73.7 Å². The van der Waals surface area contributed by atoms with Gasteiger partial charge >= 0.3 is 0 Å². The van der Waals surface area contributed by atoms with Crippen LogP contribution in [0.5, 0.6) is 0 Å². The fourth-order valence-corrected chi connectivity index (χ4v) is 5.19. The second-order valence-corrected chi connectivity index (χ2v) is 9.72. The molecule has 5 heteroatoms. The summed E-state index contributed by atoms with van der Waals surface area (Å²) in [6.45, 7) is 4.15. The van der Waals surface area contributed by atoms with Crippen molar-refractivity contribution in [2.75, 3.05) is 5.32 Å². The Balaban J connectivity index is 1.33. The highest BCUT2D eigenvalue weighted by Crippen LogP contribution is 2.63. The van der Waals surface area contributed by atoms with E-state index in [0.29, 0.717) is 5.56 Å². The van der Waals surface area contributed by atoms with Crippen molar-refractivity contribution in [3.8, 4) is 0 Å². The van der Waals surface area contributed by atoms with Gasteiger partial charge in [-0.25, -0.2) is 0 Å². The van der Waals surface area contributed by atoms with Gasteiger partial charge in [0.15, 0.2) is 0 Å². The number of nitrogens with zero attached hydrogens (tertiary/aromatic N) is 1. The monoisotopic (exact) mass is 463 g/mol. The van der Waals surface area contributed by atoms with Gasteiger partial charge < -0.3 is 10.6 Å². The molecule has 1 saturated carbocycles. The summed E-state index contributed by atoms with van der Waals surface area (Å²) in [7, 11) is 0. The topological polar surface area (TPSA) is 71.1 Å². The van der Waals surface area contributed by atoms with Gasteiger partial charge in [-0.3, -0.25) is 14.6 Å². The molecule has 5 rings (SSSR count). The molecule has 1 fully saturated rings. The molecule has 4 atom stereocenters. The molecular weight excluding hydrogens is 434 g/mol. The zero-order valence-corrected chi connectivity index (χ0v) is 19.9. The fraction of sp³-hybridized carbons (Fsp3) is 0.233. The number of fused-ring (bicyclic) bond motifs is 1. The van der Waals surface area contributed by atoms with E-state index in [0.717, 1.165) is 28.4 Å². The van der Waals surface area contributed by atoms with Crippen molar-refractivity contribution in [2.24, 2.45) is 17.3 Å². The summed E-state index contributed by atoms with van der Waals surface area (Å²) in [6, 6.07) is 27.4. The minimum absolute atomic E-state index is 0.000552. The molecule has 3 unspecified atom stereocenters. The number of carbonyl (C=O) groups is 2. The van der Waals surface area contributed by atoms with E-state index in [-0.39, 0.29) is 35.1 Å². The number of amides is 2. The Hall–Kier alpha value is -3.99. The van der Waals surface area contributed by atoms with Crippen molar-refractivity contribution in [1.82, 2.24) is 10.3 Å². The van der Waals surface area contributed by atoms with Gasteiger partial charge in [0.1, 0.15) is 0 Å². The molecule has 2 amide bonds. The van der Waals surface area contributed by atoms with Crippen LogP contribution in [-0.2, 0) is 4.79 Å². The second kappa shape index (κ2) is 9.34. The molecule has 0 radical (unpaired) electrons. The lowest BCUT2D eigenvalue weighted by Gasteiger charge is -2.28. The van der Waals surface area contributed by atoms with Crippen LogP contribution in [0.25, 0.3) is 10.8 Å². The normalized spacial score (nSPS) is 20.6. The number of hydrogen-bond acceptors (Lipinski definition) is 3. The molecule has 1 aliphatic carbocycles. The Kier molecular flexibility index (Phi) is 6.08. The SMILES string of the molecule is CC(C(=O)Nc1ccc2ccccc2c1)C1C[C@]1(C)C(NC(=O)c1cccnc1)c1ccccc1. The lowest BCUT2D eigenvalue weighted by Crippen LogP contribution is -2.35. The number of anilines is 1. The summed E-state index contributed by atoms with van der Waals surface area (Å²) in [4.78, 5) is 30.3. The van der Waals surface area contributed by atoms with Gasteiger partial charge in [0.05, 0.1) is 11.6 Å². The van der Waals surface area contributed by atoms with Gasteiger partial charge in [-0.15, -0.1) is 0 Å². The third kappa shape index (κ3) is 4.67. The van der Waals surface area contributed by atoms with E-state index in [4.69, 9.17) is 0 Å². The zero-order valence-electron chi connectivity index (χ0n) is 19.9. The van der Waals surface area contributed by atoms with Crippen LogP contribution in [0.1, 0.15) is 42.2 Å². The Labute approximate surface area is 205 Å². The zero-order chi connectivity index (χ0) is 24.4. The molecule has 0 bridgehead atoms. The molecule has 0 aliphatic heterocycles. The van der Waals surface area contributed by atoms with Crippen LogP contribution in [0.4, 0.5) is 5.69 Å². The minimum atomic E-state index is -0.237. The first-order valence-electron chi connectivity index (χ1n) is 12.0. The van der Waals surface area contributed by atoms with Crippen LogP contribution in [-0.4, -0.2) is 16.8 Å². The van der Waals surface area contributed by atoms with E-state index in [9.17, 15) is 9.59 Å². The van der Waals surface area contributed by atoms with Gasteiger partial charge in [-0.1, -0.05) is 74.5 Å². The molecule has 4 aromatic rings. The lowest BCUT2D eigenvalue weighted by atomic mass is 9.86. The smallest absolute Gasteiger partial charge is 0.253 e. The Morgan fingerprint density at radius 3 is 2.43 bits per heavy atom. The predicted octanol–water partition coefficient (Wildman–Crippen LogP) is 6.01. The van der Waals surface area contributed by atoms with E-state index in [2.05, 4.69) is 28.6 Å². The van der Waals surface area contributed by atoms with Crippen LogP contribution < -0.4 is 10.6 Å². The van der Waals surface area contributed by atoms with Crippen molar-refractivity contribution in [3.63, 3.8) is 0 Å². The van der Waals surface area contributed by atoms with Crippen LogP contribution >= 0.6 is 0 Å². The molecule has 35 heavy (non-hydrogen) atoms. The average molecular weight is 464 g/mol. The number of carbonyl (C=O) groups excluding carboxylic acids is 2. The molecular formula is C30H29N3O2. The van der Waals surface area contributed by atoms with Gasteiger partial charge in [0.25, 0.3) is 5.91 Å². The quantitative estimate of drug-likeness (QED) is 0.353. The Morgan fingerprint density at radius 1 is 0.943 bits per heavy atom. The number of aromatic nitrogens is 1. The first-order valence-corrected chi connectivity index (χ1v) is 12.0. The van der Waals surface area contributed by atoms with Crippen molar-refractivity contribution >= 4 is 28.3 Å². The molecule has 2 N–H and O–H groups in total. The lowest BCUT2D eigenvalue weighted by molar-refractivity contribution is -0.120. The maximum absolute atomic E-state index is 13.2. The van der Waals surface area contributed by atoms with Gasteiger partial charge in [-0.05, 0) is 58.4 Å². The highest BCUT2D eigenvalue weighted by Gasteiger charge is 2.59.